The fourth-order valence-corrected chi connectivity index (χ4v) is 1.46. The maximum atomic E-state index is 10.5. The summed E-state index contributed by atoms with van der Waals surface area (Å²) >= 11 is 0. The van der Waals surface area contributed by atoms with E-state index in [4.69, 9.17) is 5.11 Å². The summed E-state index contributed by atoms with van der Waals surface area (Å²) in [6.07, 6.45) is -0.229. The Balaban J connectivity index is 2.77. The van der Waals surface area contributed by atoms with Crippen LogP contribution in [0.3, 0.4) is 0 Å². The number of carbonyl (C=O) groups is 1. The molecule has 1 rings (SSSR count). The zero-order valence-electron chi connectivity index (χ0n) is 8.47. The number of para-hydroxylation sites is 1. The lowest BCUT2D eigenvalue weighted by Gasteiger charge is -2.21. The SMILES string of the molecule is CC(O)(CC(=O)O)Cc1ccccc1O. The number of hydrogen-bond acceptors (Lipinski definition) is 3. The lowest BCUT2D eigenvalue weighted by Crippen LogP contribution is -2.30. The predicted molar refractivity (Wildman–Crippen MR) is 54.7 cm³/mol. The highest BCUT2D eigenvalue weighted by Gasteiger charge is 2.25. The zero-order chi connectivity index (χ0) is 11.5. The molecule has 82 valence electrons. The van der Waals surface area contributed by atoms with Crippen LogP contribution in [0.4, 0.5) is 0 Å². The van der Waals surface area contributed by atoms with E-state index in [0.717, 1.165) is 0 Å². The van der Waals surface area contributed by atoms with Crippen LogP contribution < -0.4 is 0 Å². The van der Waals surface area contributed by atoms with Crippen LogP contribution in [-0.4, -0.2) is 26.9 Å². The fourth-order valence-electron chi connectivity index (χ4n) is 1.46. The molecule has 0 aromatic heterocycles. The Morgan fingerprint density at radius 3 is 2.53 bits per heavy atom. The van der Waals surface area contributed by atoms with E-state index in [2.05, 4.69) is 0 Å². The molecule has 0 bridgehead atoms. The number of aliphatic carboxylic acids is 1. The average Bonchev–Trinajstić information content (AvgIpc) is 2.06. The van der Waals surface area contributed by atoms with Gasteiger partial charge in [0.15, 0.2) is 0 Å². The second-order valence-electron chi connectivity index (χ2n) is 3.87. The van der Waals surface area contributed by atoms with Crippen LogP contribution in [0, 0.1) is 0 Å². The van der Waals surface area contributed by atoms with Crippen molar-refractivity contribution in [1.82, 2.24) is 0 Å². The van der Waals surface area contributed by atoms with Crippen LogP contribution in [0.1, 0.15) is 18.9 Å². The molecule has 0 heterocycles. The van der Waals surface area contributed by atoms with E-state index in [1.165, 1.54) is 13.0 Å². The molecule has 0 aliphatic rings. The van der Waals surface area contributed by atoms with Gasteiger partial charge < -0.3 is 15.3 Å². The first-order valence-electron chi connectivity index (χ1n) is 4.62. The second-order valence-corrected chi connectivity index (χ2v) is 3.87. The van der Waals surface area contributed by atoms with Crippen molar-refractivity contribution in [3.05, 3.63) is 29.8 Å². The summed E-state index contributed by atoms with van der Waals surface area (Å²) in [5.74, 6) is -0.987. The van der Waals surface area contributed by atoms with Crippen molar-refractivity contribution >= 4 is 5.97 Å². The quantitative estimate of drug-likeness (QED) is 0.696. The van der Waals surface area contributed by atoms with E-state index in [1.54, 1.807) is 18.2 Å². The first kappa shape index (κ1) is 11.5. The highest BCUT2D eigenvalue weighted by molar-refractivity contribution is 5.68. The molecule has 0 aliphatic heterocycles. The summed E-state index contributed by atoms with van der Waals surface area (Å²) in [5, 5.41) is 27.8. The molecule has 4 heteroatoms. The largest absolute Gasteiger partial charge is 0.508 e. The van der Waals surface area contributed by atoms with Gasteiger partial charge in [0, 0.05) is 6.42 Å². The van der Waals surface area contributed by atoms with Gasteiger partial charge in [-0.25, -0.2) is 0 Å². The van der Waals surface area contributed by atoms with Crippen molar-refractivity contribution in [2.24, 2.45) is 0 Å². The third kappa shape index (κ3) is 3.59. The van der Waals surface area contributed by atoms with Crippen LogP contribution >= 0.6 is 0 Å². The molecular weight excluding hydrogens is 196 g/mol. The molecule has 1 aromatic rings. The third-order valence-corrected chi connectivity index (χ3v) is 2.09. The van der Waals surface area contributed by atoms with E-state index in [0.29, 0.717) is 5.56 Å². The van der Waals surface area contributed by atoms with Gasteiger partial charge in [-0.3, -0.25) is 4.79 Å². The molecule has 0 saturated heterocycles. The Hall–Kier alpha value is -1.55. The Kier molecular flexibility index (Phi) is 3.31. The van der Waals surface area contributed by atoms with Gasteiger partial charge in [0.2, 0.25) is 0 Å². The number of aromatic hydroxyl groups is 1. The molecule has 0 fully saturated rings. The minimum Gasteiger partial charge on any atom is -0.508 e. The minimum atomic E-state index is -1.34. The normalized spacial score (nSPS) is 14.5. The summed E-state index contributed by atoms with van der Waals surface area (Å²) in [4.78, 5) is 10.5. The second kappa shape index (κ2) is 4.31. The van der Waals surface area contributed by atoms with Crippen LogP contribution in [0.5, 0.6) is 5.75 Å². The van der Waals surface area contributed by atoms with Gasteiger partial charge in [0.25, 0.3) is 0 Å². The Morgan fingerprint density at radius 2 is 2.00 bits per heavy atom. The minimum absolute atomic E-state index is 0.0724. The lowest BCUT2D eigenvalue weighted by molar-refractivity contribution is -0.141. The van der Waals surface area contributed by atoms with Gasteiger partial charge in [0.1, 0.15) is 5.75 Å². The molecule has 0 aliphatic carbocycles. The molecule has 15 heavy (non-hydrogen) atoms. The van der Waals surface area contributed by atoms with Crippen LogP contribution in [0.25, 0.3) is 0 Å². The van der Waals surface area contributed by atoms with Gasteiger partial charge in [-0.15, -0.1) is 0 Å². The maximum absolute atomic E-state index is 10.5. The molecule has 1 atom stereocenters. The van der Waals surface area contributed by atoms with E-state index in [1.807, 2.05) is 0 Å². The number of phenols is 1. The van der Waals surface area contributed by atoms with Gasteiger partial charge in [-0.1, -0.05) is 18.2 Å². The third-order valence-electron chi connectivity index (χ3n) is 2.09. The summed E-state index contributed by atoms with van der Waals surface area (Å²) in [5.41, 5.74) is -0.797. The molecule has 0 radical (unpaired) electrons. The summed E-state index contributed by atoms with van der Waals surface area (Å²) in [7, 11) is 0. The standard InChI is InChI=1S/C11H14O4/c1-11(15,7-10(13)14)6-8-4-2-3-5-9(8)12/h2-5,12,15H,6-7H2,1H3,(H,13,14). The van der Waals surface area contributed by atoms with Crippen molar-refractivity contribution in [2.75, 3.05) is 0 Å². The van der Waals surface area contributed by atoms with Crippen molar-refractivity contribution in [1.29, 1.82) is 0 Å². The Morgan fingerprint density at radius 1 is 1.40 bits per heavy atom. The summed E-state index contributed by atoms with van der Waals surface area (Å²) in [6, 6.07) is 6.56. The molecule has 4 nitrogen and oxygen atoms in total. The first-order valence-corrected chi connectivity index (χ1v) is 4.62. The molecule has 1 unspecified atom stereocenters. The number of rotatable bonds is 4. The van der Waals surface area contributed by atoms with Gasteiger partial charge in [-0.05, 0) is 18.6 Å². The van der Waals surface area contributed by atoms with Crippen LogP contribution in [0.2, 0.25) is 0 Å². The number of aliphatic hydroxyl groups is 1. The molecule has 0 spiro atoms. The highest BCUT2D eigenvalue weighted by atomic mass is 16.4. The zero-order valence-corrected chi connectivity index (χ0v) is 8.47. The van der Waals surface area contributed by atoms with E-state index in [9.17, 15) is 15.0 Å². The van der Waals surface area contributed by atoms with Gasteiger partial charge in [0.05, 0.1) is 12.0 Å². The van der Waals surface area contributed by atoms with E-state index >= 15 is 0 Å². The number of benzene rings is 1. The lowest BCUT2D eigenvalue weighted by atomic mass is 9.93. The molecule has 0 amide bonds. The number of hydrogen-bond donors (Lipinski definition) is 3. The summed E-state index contributed by atoms with van der Waals surface area (Å²) < 4.78 is 0. The van der Waals surface area contributed by atoms with Crippen molar-refractivity contribution in [2.45, 2.75) is 25.4 Å². The molecule has 0 saturated carbocycles. The maximum Gasteiger partial charge on any atom is 0.306 e. The average molecular weight is 210 g/mol. The van der Waals surface area contributed by atoms with Crippen molar-refractivity contribution < 1.29 is 20.1 Å². The van der Waals surface area contributed by atoms with Crippen LogP contribution in [-0.2, 0) is 11.2 Å². The van der Waals surface area contributed by atoms with E-state index < -0.39 is 11.6 Å². The number of carboxylic acids is 1. The smallest absolute Gasteiger partial charge is 0.306 e. The monoisotopic (exact) mass is 210 g/mol. The van der Waals surface area contributed by atoms with Crippen molar-refractivity contribution in [3.8, 4) is 5.75 Å². The predicted octanol–water partition coefficient (Wildman–Crippen LogP) is 1.16. The first-order chi connectivity index (χ1) is 6.91. The topological polar surface area (TPSA) is 77.8 Å². The number of phenolic OH excluding ortho intramolecular Hbond substituents is 1. The summed E-state index contributed by atoms with van der Waals surface area (Å²) in [6.45, 7) is 1.44. The number of carboxylic acid groups (broad SMARTS) is 1. The van der Waals surface area contributed by atoms with Crippen molar-refractivity contribution in [3.63, 3.8) is 0 Å². The van der Waals surface area contributed by atoms with Gasteiger partial charge >= 0.3 is 5.97 Å². The molecule has 3 N–H and O–H groups in total. The highest BCUT2D eigenvalue weighted by Crippen LogP contribution is 2.23. The fraction of sp³-hybridized carbons (Fsp3) is 0.364. The molecular formula is C11H14O4. The van der Waals surface area contributed by atoms with E-state index in [-0.39, 0.29) is 18.6 Å². The molecule has 1 aromatic carbocycles. The van der Waals surface area contributed by atoms with Gasteiger partial charge in [-0.2, -0.15) is 0 Å². The Labute approximate surface area is 87.8 Å². The Bertz CT molecular complexity index is 357. The van der Waals surface area contributed by atoms with Crippen LogP contribution in [0.15, 0.2) is 24.3 Å².